The van der Waals surface area contributed by atoms with Gasteiger partial charge >= 0.3 is 0 Å². The average Bonchev–Trinajstić information content (AvgIpc) is 2.29. The first-order valence-corrected chi connectivity index (χ1v) is 7.60. The van der Waals surface area contributed by atoms with Crippen LogP contribution >= 0.6 is 0 Å². The van der Waals surface area contributed by atoms with E-state index < -0.39 is 10.8 Å². The molecule has 2 atom stereocenters. The molecule has 1 rings (SSSR count). The fraction of sp³-hybridized carbons (Fsp3) is 0.462. The van der Waals surface area contributed by atoms with Gasteiger partial charge in [0.05, 0.1) is 0 Å². The minimum atomic E-state index is -0.825. The first kappa shape index (κ1) is 14.7. The van der Waals surface area contributed by atoms with E-state index in [9.17, 15) is 9.00 Å². The molecule has 5 heteroatoms. The largest absolute Gasteiger partial charge is 0.399 e. The van der Waals surface area contributed by atoms with E-state index in [4.69, 9.17) is 5.73 Å². The lowest BCUT2D eigenvalue weighted by Crippen LogP contribution is -2.34. The molecule has 0 radical (unpaired) electrons. The second-order valence-corrected chi connectivity index (χ2v) is 6.07. The lowest BCUT2D eigenvalue weighted by Gasteiger charge is -2.14. The number of amides is 1. The van der Waals surface area contributed by atoms with Gasteiger partial charge in [-0.25, -0.2) is 0 Å². The highest BCUT2D eigenvalue weighted by molar-refractivity contribution is 7.84. The second kappa shape index (κ2) is 6.54. The summed E-state index contributed by atoms with van der Waals surface area (Å²) in [6.45, 7) is 3.78. The van der Waals surface area contributed by atoms with E-state index >= 15 is 0 Å². The third kappa shape index (κ3) is 4.49. The molecule has 0 aliphatic carbocycles. The minimum absolute atomic E-state index is 0.00207. The molecule has 1 aromatic rings. The zero-order valence-electron chi connectivity index (χ0n) is 11.0. The Kier molecular flexibility index (Phi) is 5.34. The normalized spacial score (nSPS) is 13.9. The predicted octanol–water partition coefficient (Wildman–Crippen LogP) is 1.46. The summed E-state index contributed by atoms with van der Waals surface area (Å²) < 4.78 is 11.0. The van der Waals surface area contributed by atoms with Gasteiger partial charge in [-0.3, -0.25) is 9.00 Å². The van der Waals surface area contributed by atoms with Crippen LogP contribution in [-0.2, 0) is 10.8 Å². The first-order valence-electron chi connectivity index (χ1n) is 5.87. The van der Waals surface area contributed by atoms with Gasteiger partial charge in [0.2, 0.25) is 0 Å². The maximum Gasteiger partial charge on any atom is 0.251 e. The van der Waals surface area contributed by atoms with Crippen LogP contribution in [0.25, 0.3) is 0 Å². The molecule has 0 aliphatic heterocycles. The zero-order chi connectivity index (χ0) is 13.7. The first-order chi connectivity index (χ1) is 8.40. The monoisotopic (exact) mass is 268 g/mol. The molecule has 0 saturated heterocycles. The second-order valence-electron chi connectivity index (χ2n) is 4.51. The van der Waals surface area contributed by atoms with Crippen molar-refractivity contribution in [2.75, 3.05) is 17.7 Å². The smallest absolute Gasteiger partial charge is 0.251 e. The van der Waals surface area contributed by atoms with Gasteiger partial charge in [0, 0.05) is 40.1 Å². The van der Waals surface area contributed by atoms with Gasteiger partial charge in [-0.1, -0.05) is 6.07 Å². The molecule has 0 bridgehead atoms. The lowest BCUT2D eigenvalue weighted by molar-refractivity contribution is 0.0939. The molecule has 4 nitrogen and oxygen atoms in total. The zero-order valence-corrected chi connectivity index (χ0v) is 11.8. The standard InChI is InChI=1S/C13H20N2O2S/c1-9-4-5-11(14)8-12(9)13(16)15-10(2)6-7-18(3)17/h4-5,8,10H,6-7,14H2,1-3H3,(H,15,16). The molecule has 2 unspecified atom stereocenters. The Morgan fingerprint density at radius 1 is 1.50 bits per heavy atom. The number of anilines is 1. The lowest BCUT2D eigenvalue weighted by atomic mass is 10.1. The van der Waals surface area contributed by atoms with Gasteiger partial charge in [0.1, 0.15) is 0 Å². The predicted molar refractivity (Wildman–Crippen MR) is 76.1 cm³/mol. The molecule has 1 amide bonds. The number of nitrogens with one attached hydrogen (secondary N) is 1. The summed E-state index contributed by atoms with van der Waals surface area (Å²) in [4.78, 5) is 12.0. The maximum atomic E-state index is 12.0. The fourth-order valence-corrected chi connectivity index (χ4v) is 2.29. The van der Waals surface area contributed by atoms with Gasteiger partial charge < -0.3 is 11.1 Å². The Morgan fingerprint density at radius 3 is 2.78 bits per heavy atom. The van der Waals surface area contributed by atoms with E-state index in [0.717, 1.165) is 5.56 Å². The number of nitrogens with two attached hydrogens (primary N) is 1. The summed E-state index contributed by atoms with van der Waals surface area (Å²) in [6, 6.07) is 5.28. The Hall–Kier alpha value is -1.36. The van der Waals surface area contributed by atoms with Crippen molar-refractivity contribution in [3.8, 4) is 0 Å². The number of nitrogen functional groups attached to an aromatic ring is 1. The Balaban J connectivity index is 2.64. The third-order valence-corrected chi connectivity index (χ3v) is 3.53. The third-order valence-electron chi connectivity index (χ3n) is 2.72. The Morgan fingerprint density at radius 2 is 2.17 bits per heavy atom. The molecule has 100 valence electrons. The van der Waals surface area contributed by atoms with Crippen LogP contribution < -0.4 is 11.1 Å². The Labute approximate surface area is 110 Å². The SMILES string of the molecule is Cc1ccc(N)cc1C(=O)NC(C)CCS(C)=O. The number of carbonyl (C=O) groups excluding carboxylic acids is 1. The van der Waals surface area contributed by atoms with Crippen molar-refractivity contribution in [3.63, 3.8) is 0 Å². The van der Waals surface area contributed by atoms with Crippen LogP contribution in [0.15, 0.2) is 18.2 Å². The summed E-state index contributed by atoms with van der Waals surface area (Å²) in [5, 5.41) is 2.89. The van der Waals surface area contributed by atoms with Crippen LogP contribution in [0.4, 0.5) is 5.69 Å². The average molecular weight is 268 g/mol. The van der Waals surface area contributed by atoms with E-state index in [-0.39, 0.29) is 11.9 Å². The van der Waals surface area contributed by atoms with Gasteiger partial charge in [0.25, 0.3) is 5.91 Å². The molecular weight excluding hydrogens is 248 g/mol. The molecule has 0 aromatic heterocycles. The number of carbonyl (C=O) groups is 1. The summed E-state index contributed by atoms with van der Waals surface area (Å²) in [5.41, 5.74) is 7.74. The summed E-state index contributed by atoms with van der Waals surface area (Å²) in [7, 11) is -0.825. The molecule has 0 aliphatic rings. The van der Waals surface area contributed by atoms with Crippen molar-refractivity contribution in [1.29, 1.82) is 0 Å². The minimum Gasteiger partial charge on any atom is -0.399 e. The molecule has 0 spiro atoms. The van der Waals surface area contributed by atoms with Crippen LogP contribution in [0.3, 0.4) is 0 Å². The van der Waals surface area contributed by atoms with E-state index in [1.165, 1.54) is 0 Å². The van der Waals surface area contributed by atoms with E-state index in [0.29, 0.717) is 23.4 Å². The number of aryl methyl sites for hydroxylation is 1. The van der Waals surface area contributed by atoms with Crippen molar-refractivity contribution in [2.24, 2.45) is 0 Å². The number of hydrogen-bond donors (Lipinski definition) is 2. The van der Waals surface area contributed by atoms with E-state index in [2.05, 4.69) is 5.32 Å². The molecule has 0 heterocycles. The topological polar surface area (TPSA) is 72.2 Å². The van der Waals surface area contributed by atoms with Gasteiger partial charge in [-0.15, -0.1) is 0 Å². The van der Waals surface area contributed by atoms with Crippen LogP contribution in [-0.4, -0.2) is 28.2 Å². The highest BCUT2D eigenvalue weighted by Gasteiger charge is 2.12. The van der Waals surface area contributed by atoms with Crippen molar-refractivity contribution in [3.05, 3.63) is 29.3 Å². The number of rotatable bonds is 5. The van der Waals surface area contributed by atoms with Gasteiger partial charge in [-0.2, -0.15) is 0 Å². The summed E-state index contributed by atoms with van der Waals surface area (Å²) >= 11 is 0. The molecule has 0 saturated carbocycles. The van der Waals surface area contributed by atoms with E-state index in [1.807, 2.05) is 19.9 Å². The maximum absolute atomic E-state index is 12.0. The quantitative estimate of drug-likeness (QED) is 0.794. The van der Waals surface area contributed by atoms with Crippen molar-refractivity contribution in [2.45, 2.75) is 26.3 Å². The van der Waals surface area contributed by atoms with Crippen molar-refractivity contribution in [1.82, 2.24) is 5.32 Å². The molecule has 18 heavy (non-hydrogen) atoms. The summed E-state index contributed by atoms with van der Waals surface area (Å²) in [6.07, 6.45) is 2.37. The molecule has 0 fully saturated rings. The number of benzene rings is 1. The van der Waals surface area contributed by atoms with Crippen molar-refractivity contribution < 1.29 is 9.00 Å². The molecule has 3 N–H and O–H groups in total. The highest BCUT2D eigenvalue weighted by Crippen LogP contribution is 2.12. The Bertz CT molecular complexity index is 460. The highest BCUT2D eigenvalue weighted by atomic mass is 32.2. The van der Waals surface area contributed by atoms with Crippen molar-refractivity contribution >= 4 is 22.4 Å². The van der Waals surface area contributed by atoms with E-state index in [1.54, 1.807) is 18.4 Å². The number of hydrogen-bond acceptors (Lipinski definition) is 3. The van der Waals surface area contributed by atoms with Crippen LogP contribution in [0.5, 0.6) is 0 Å². The summed E-state index contributed by atoms with van der Waals surface area (Å²) in [5.74, 6) is 0.464. The van der Waals surface area contributed by atoms with Gasteiger partial charge in [0.15, 0.2) is 0 Å². The van der Waals surface area contributed by atoms with Crippen LogP contribution in [0, 0.1) is 6.92 Å². The molecule has 1 aromatic carbocycles. The molecular formula is C13H20N2O2S. The van der Waals surface area contributed by atoms with Crippen LogP contribution in [0.1, 0.15) is 29.3 Å². The fourth-order valence-electron chi connectivity index (χ4n) is 1.60. The van der Waals surface area contributed by atoms with Gasteiger partial charge in [-0.05, 0) is 38.0 Å². The van der Waals surface area contributed by atoms with Crippen LogP contribution in [0.2, 0.25) is 0 Å².